The van der Waals surface area contributed by atoms with Crippen molar-refractivity contribution >= 4 is 5.91 Å². The third-order valence-electron chi connectivity index (χ3n) is 5.93. The number of piperazine rings is 1. The van der Waals surface area contributed by atoms with Crippen LogP contribution in [0, 0.1) is 5.92 Å². The number of fused-ring (bicyclic) bond motifs is 2. The Morgan fingerprint density at radius 3 is 2.10 bits per heavy atom. The van der Waals surface area contributed by atoms with Gasteiger partial charge in [0.15, 0.2) is 0 Å². The highest BCUT2D eigenvalue weighted by atomic mass is 16.2. The molecule has 1 amide bonds. The minimum absolute atomic E-state index is 0.261. The lowest BCUT2D eigenvalue weighted by Crippen LogP contribution is -2.56. The summed E-state index contributed by atoms with van der Waals surface area (Å²) in [5.74, 6) is 1.13. The number of carbonyl (C=O) groups is 1. The largest absolute Gasteiger partial charge is 0.340 e. The lowest BCUT2D eigenvalue weighted by molar-refractivity contribution is -0.132. The first-order chi connectivity index (χ1) is 10.0. The van der Waals surface area contributed by atoms with E-state index in [-0.39, 0.29) is 5.91 Å². The molecule has 3 aliphatic rings. The molecule has 120 valence electrons. The average molecular weight is 293 g/mol. The van der Waals surface area contributed by atoms with Gasteiger partial charge in [0.2, 0.25) is 5.91 Å². The number of rotatable bonds is 3. The quantitative estimate of drug-likeness (QED) is 0.794. The van der Waals surface area contributed by atoms with Crippen LogP contribution < -0.4 is 0 Å². The predicted octanol–water partition coefficient (Wildman–Crippen LogP) is 1.80. The van der Waals surface area contributed by atoms with E-state index < -0.39 is 0 Å². The molecule has 3 saturated heterocycles. The fourth-order valence-electron chi connectivity index (χ4n) is 4.50. The second-order valence-corrected chi connectivity index (χ2v) is 7.58. The standard InChI is InChI=1S/C17H31N3O/c1-13(2)18-8-6-15(7-9-18)10-20-16-4-5-17(20)12-19(11-16)14(3)21/h13,15-17H,4-12H2,1-3H3. The second-order valence-electron chi connectivity index (χ2n) is 7.58. The van der Waals surface area contributed by atoms with Crippen LogP contribution >= 0.6 is 0 Å². The summed E-state index contributed by atoms with van der Waals surface area (Å²) < 4.78 is 0. The molecule has 2 atom stereocenters. The Labute approximate surface area is 129 Å². The minimum Gasteiger partial charge on any atom is -0.340 e. The molecule has 21 heavy (non-hydrogen) atoms. The highest BCUT2D eigenvalue weighted by molar-refractivity contribution is 5.73. The molecule has 4 heteroatoms. The Morgan fingerprint density at radius 1 is 1.05 bits per heavy atom. The van der Waals surface area contributed by atoms with Crippen LogP contribution in [-0.2, 0) is 4.79 Å². The van der Waals surface area contributed by atoms with Gasteiger partial charge >= 0.3 is 0 Å². The lowest BCUT2D eigenvalue weighted by atomic mass is 9.94. The van der Waals surface area contributed by atoms with Crippen molar-refractivity contribution in [3.05, 3.63) is 0 Å². The predicted molar refractivity (Wildman–Crippen MR) is 85.2 cm³/mol. The van der Waals surface area contributed by atoms with Gasteiger partial charge in [-0.1, -0.05) is 0 Å². The summed E-state index contributed by atoms with van der Waals surface area (Å²) in [5.41, 5.74) is 0. The number of nitrogens with zero attached hydrogens (tertiary/aromatic N) is 3. The van der Waals surface area contributed by atoms with Crippen LogP contribution in [0.5, 0.6) is 0 Å². The Hall–Kier alpha value is -0.610. The van der Waals surface area contributed by atoms with E-state index in [0.29, 0.717) is 18.1 Å². The summed E-state index contributed by atoms with van der Waals surface area (Å²) in [6, 6.07) is 1.97. The molecule has 3 fully saturated rings. The van der Waals surface area contributed by atoms with E-state index in [1.54, 1.807) is 6.92 Å². The fraction of sp³-hybridized carbons (Fsp3) is 0.941. The molecule has 0 spiro atoms. The molecule has 3 aliphatic heterocycles. The summed E-state index contributed by atoms with van der Waals surface area (Å²) in [7, 11) is 0. The highest BCUT2D eigenvalue weighted by Crippen LogP contribution is 2.32. The van der Waals surface area contributed by atoms with Crippen LogP contribution in [-0.4, -0.2) is 71.5 Å². The van der Waals surface area contributed by atoms with E-state index in [9.17, 15) is 4.79 Å². The maximum absolute atomic E-state index is 11.6. The second kappa shape index (κ2) is 6.25. The average Bonchev–Trinajstić information content (AvgIpc) is 2.70. The zero-order valence-corrected chi connectivity index (χ0v) is 13.9. The molecule has 2 bridgehead atoms. The Bertz CT molecular complexity index is 362. The molecule has 0 aromatic heterocycles. The van der Waals surface area contributed by atoms with Gasteiger partial charge in [0.25, 0.3) is 0 Å². The molecular formula is C17H31N3O. The monoisotopic (exact) mass is 293 g/mol. The summed E-state index contributed by atoms with van der Waals surface area (Å²) in [6.45, 7) is 12.1. The zero-order chi connectivity index (χ0) is 15.0. The smallest absolute Gasteiger partial charge is 0.219 e. The number of piperidine rings is 1. The topological polar surface area (TPSA) is 26.8 Å². The van der Waals surface area contributed by atoms with Gasteiger partial charge in [-0.15, -0.1) is 0 Å². The SMILES string of the molecule is CC(=O)N1CC2CCC(C1)N2CC1CCN(C(C)C)CC1. The number of carbonyl (C=O) groups excluding carboxylic acids is 1. The van der Waals surface area contributed by atoms with Crippen molar-refractivity contribution in [1.29, 1.82) is 0 Å². The van der Waals surface area contributed by atoms with Crippen molar-refractivity contribution in [2.75, 3.05) is 32.7 Å². The number of likely N-dealkylation sites (tertiary alicyclic amines) is 2. The van der Waals surface area contributed by atoms with Gasteiger partial charge in [0.1, 0.15) is 0 Å². The number of amides is 1. The summed E-state index contributed by atoms with van der Waals surface area (Å²) in [6.07, 6.45) is 5.29. The van der Waals surface area contributed by atoms with Gasteiger partial charge in [0, 0.05) is 44.7 Å². The molecule has 0 aromatic carbocycles. The molecule has 0 aromatic rings. The van der Waals surface area contributed by atoms with E-state index in [4.69, 9.17) is 0 Å². The molecule has 3 rings (SSSR count). The van der Waals surface area contributed by atoms with Crippen molar-refractivity contribution < 1.29 is 4.79 Å². The first kappa shape index (κ1) is 15.3. The van der Waals surface area contributed by atoms with Crippen LogP contribution in [0.4, 0.5) is 0 Å². The van der Waals surface area contributed by atoms with Gasteiger partial charge in [-0.25, -0.2) is 0 Å². The minimum atomic E-state index is 0.261. The maximum Gasteiger partial charge on any atom is 0.219 e. The van der Waals surface area contributed by atoms with Crippen LogP contribution in [0.15, 0.2) is 0 Å². The van der Waals surface area contributed by atoms with Crippen molar-refractivity contribution in [2.45, 2.75) is 64.6 Å². The van der Waals surface area contributed by atoms with Crippen molar-refractivity contribution in [3.8, 4) is 0 Å². The first-order valence-electron chi connectivity index (χ1n) is 8.80. The van der Waals surface area contributed by atoms with Gasteiger partial charge < -0.3 is 9.80 Å². The molecule has 3 heterocycles. The molecule has 4 nitrogen and oxygen atoms in total. The van der Waals surface area contributed by atoms with Gasteiger partial charge in [-0.2, -0.15) is 0 Å². The van der Waals surface area contributed by atoms with Crippen molar-refractivity contribution in [1.82, 2.24) is 14.7 Å². The molecule has 0 aliphatic carbocycles. The van der Waals surface area contributed by atoms with E-state index in [1.165, 1.54) is 45.3 Å². The highest BCUT2D eigenvalue weighted by Gasteiger charge is 2.41. The summed E-state index contributed by atoms with van der Waals surface area (Å²) in [5, 5.41) is 0. The van der Waals surface area contributed by atoms with E-state index in [0.717, 1.165) is 19.0 Å². The third kappa shape index (κ3) is 3.26. The summed E-state index contributed by atoms with van der Waals surface area (Å²) >= 11 is 0. The van der Waals surface area contributed by atoms with Crippen LogP contribution in [0.3, 0.4) is 0 Å². The van der Waals surface area contributed by atoms with Crippen molar-refractivity contribution in [2.24, 2.45) is 5.92 Å². The number of hydrogen-bond acceptors (Lipinski definition) is 3. The lowest BCUT2D eigenvalue weighted by Gasteiger charge is -2.43. The Kier molecular flexibility index (Phi) is 4.55. The molecule has 2 unspecified atom stereocenters. The van der Waals surface area contributed by atoms with Gasteiger partial charge in [0.05, 0.1) is 0 Å². The molecule has 0 radical (unpaired) electrons. The van der Waals surface area contributed by atoms with E-state index >= 15 is 0 Å². The Morgan fingerprint density at radius 2 is 1.62 bits per heavy atom. The number of hydrogen-bond donors (Lipinski definition) is 0. The van der Waals surface area contributed by atoms with Crippen LogP contribution in [0.25, 0.3) is 0 Å². The first-order valence-corrected chi connectivity index (χ1v) is 8.80. The zero-order valence-electron chi connectivity index (χ0n) is 13.9. The van der Waals surface area contributed by atoms with E-state index in [2.05, 4.69) is 28.5 Å². The van der Waals surface area contributed by atoms with Gasteiger partial charge in [-0.05, 0) is 58.5 Å². The van der Waals surface area contributed by atoms with Crippen LogP contribution in [0.1, 0.15) is 46.5 Å². The molecule has 0 N–H and O–H groups in total. The Balaban J connectivity index is 1.52. The fourth-order valence-corrected chi connectivity index (χ4v) is 4.50. The maximum atomic E-state index is 11.6. The third-order valence-corrected chi connectivity index (χ3v) is 5.93. The summed E-state index contributed by atoms with van der Waals surface area (Å²) in [4.78, 5) is 19.0. The molecular weight excluding hydrogens is 262 g/mol. The van der Waals surface area contributed by atoms with Crippen molar-refractivity contribution in [3.63, 3.8) is 0 Å². The van der Waals surface area contributed by atoms with E-state index in [1.807, 2.05) is 0 Å². The molecule has 0 saturated carbocycles. The van der Waals surface area contributed by atoms with Crippen LogP contribution in [0.2, 0.25) is 0 Å². The normalized spacial score (nSPS) is 32.1. The van der Waals surface area contributed by atoms with Gasteiger partial charge in [-0.3, -0.25) is 9.69 Å².